The summed E-state index contributed by atoms with van der Waals surface area (Å²) in [5.74, 6) is 0.492. The molecular formula is C23H23N2Yb-. The van der Waals surface area contributed by atoms with Crippen molar-refractivity contribution in [1.82, 2.24) is 0 Å². The predicted molar refractivity (Wildman–Crippen MR) is 107 cm³/mol. The van der Waals surface area contributed by atoms with E-state index in [4.69, 9.17) is 4.99 Å². The van der Waals surface area contributed by atoms with Gasteiger partial charge in [-0.1, -0.05) is 42.3 Å². The molecule has 0 fully saturated rings. The standard InChI is InChI=1S/C23H23N2.Yb/c1-15-12-17-8-4-5-10-20(17)22-14-18(13-21(15)22)25-23-11-7-6-9-19(23)16(2)24-3;/h4-12,15H,13-14H2,1-3H3;/q-1;. The number of hydrogen-bond donors (Lipinski definition) is 0. The maximum Gasteiger partial charge on any atom is 0.0719 e. The molecule has 2 aromatic carbocycles. The van der Waals surface area contributed by atoms with Gasteiger partial charge in [0.1, 0.15) is 0 Å². The second-order valence-electron chi connectivity index (χ2n) is 6.90. The summed E-state index contributed by atoms with van der Waals surface area (Å²) in [6, 6.07) is 17.0. The second kappa shape index (κ2) is 8.29. The maximum atomic E-state index is 5.04. The Kier molecular flexibility index (Phi) is 6.27. The van der Waals surface area contributed by atoms with Crippen molar-refractivity contribution >= 4 is 22.7 Å². The first-order valence-electron chi connectivity index (χ1n) is 8.92. The van der Waals surface area contributed by atoms with Crippen molar-refractivity contribution in [2.24, 2.45) is 15.9 Å². The van der Waals surface area contributed by atoms with Crippen LogP contribution in [-0.4, -0.2) is 18.5 Å². The SMILES string of the molecule is CN=C(C)c1ccccc1N=C1CC2=C(C1)C(C)[CH-]c1ccccc12.[Yb]. The third-order valence-corrected chi connectivity index (χ3v) is 5.34. The molecule has 2 aromatic rings. The number of benzene rings is 2. The molecule has 0 N–H and O–H groups in total. The van der Waals surface area contributed by atoms with Crippen molar-refractivity contribution in [3.63, 3.8) is 0 Å². The van der Waals surface area contributed by atoms with Crippen LogP contribution in [-0.2, 0) is 0 Å². The molecular weight excluding hydrogens is 477 g/mol. The molecule has 1 unspecified atom stereocenters. The zero-order chi connectivity index (χ0) is 17.4. The smallest absolute Gasteiger partial charge is 0.0719 e. The van der Waals surface area contributed by atoms with E-state index in [2.05, 4.69) is 66.9 Å². The summed E-state index contributed by atoms with van der Waals surface area (Å²) in [6.45, 7) is 4.35. The summed E-state index contributed by atoms with van der Waals surface area (Å²) in [4.78, 5) is 9.38. The summed E-state index contributed by atoms with van der Waals surface area (Å²) in [6.07, 6.45) is 4.33. The molecule has 2 aliphatic rings. The Morgan fingerprint density at radius 2 is 1.77 bits per heavy atom. The monoisotopic (exact) mass is 501 g/mol. The minimum absolute atomic E-state index is 0. The fraction of sp³-hybridized carbons (Fsp3) is 0.261. The molecule has 2 aliphatic carbocycles. The van der Waals surface area contributed by atoms with Crippen molar-refractivity contribution in [3.8, 4) is 0 Å². The maximum absolute atomic E-state index is 5.04. The van der Waals surface area contributed by atoms with Crippen LogP contribution in [0.1, 0.15) is 43.4 Å². The quantitative estimate of drug-likeness (QED) is 0.376. The molecule has 0 heterocycles. The Bertz CT molecular complexity index is 921. The molecule has 0 spiro atoms. The van der Waals surface area contributed by atoms with E-state index in [1.165, 1.54) is 28.0 Å². The van der Waals surface area contributed by atoms with Crippen molar-refractivity contribution in [3.05, 3.63) is 77.2 Å². The minimum atomic E-state index is 0. The molecule has 0 aromatic heterocycles. The Morgan fingerprint density at radius 1 is 1.04 bits per heavy atom. The number of rotatable bonds is 2. The van der Waals surface area contributed by atoms with Crippen LogP contribution >= 0.6 is 0 Å². The molecule has 2 nitrogen and oxygen atoms in total. The summed E-state index contributed by atoms with van der Waals surface area (Å²) < 4.78 is 0. The molecule has 140 valence electrons. The predicted octanol–water partition coefficient (Wildman–Crippen LogP) is 5.65. The summed E-state index contributed by atoms with van der Waals surface area (Å²) in [5, 5.41) is 0. The van der Waals surface area contributed by atoms with Gasteiger partial charge in [-0.25, -0.2) is 0 Å². The minimum Gasteiger partial charge on any atom is -0.293 e. The van der Waals surface area contributed by atoms with Crippen molar-refractivity contribution in [2.45, 2.75) is 26.7 Å². The third-order valence-electron chi connectivity index (χ3n) is 5.34. The molecule has 0 bridgehead atoms. The van der Waals surface area contributed by atoms with Gasteiger partial charge in [0.25, 0.3) is 0 Å². The van der Waals surface area contributed by atoms with Gasteiger partial charge in [-0.15, -0.1) is 17.7 Å². The Balaban J connectivity index is 0.00000196. The average Bonchev–Trinajstić information content (AvgIpc) is 3.06. The average molecular weight is 500 g/mol. The van der Waals surface area contributed by atoms with Gasteiger partial charge in [0.05, 0.1) is 5.69 Å². The fourth-order valence-electron chi connectivity index (χ4n) is 3.94. The van der Waals surface area contributed by atoms with Gasteiger partial charge in [-0.05, 0) is 18.9 Å². The van der Waals surface area contributed by atoms with Gasteiger partial charge >= 0.3 is 0 Å². The largest absolute Gasteiger partial charge is 0.293 e. The first-order chi connectivity index (χ1) is 12.2. The second-order valence-corrected chi connectivity index (χ2v) is 6.90. The van der Waals surface area contributed by atoms with Gasteiger partial charge in [0.15, 0.2) is 0 Å². The molecule has 0 amide bonds. The van der Waals surface area contributed by atoms with Gasteiger partial charge in [-0.2, -0.15) is 18.1 Å². The number of allylic oxidation sites excluding steroid dienone is 2. The van der Waals surface area contributed by atoms with E-state index < -0.39 is 0 Å². The van der Waals surface area contributed by atoms with E-state index in [0.29, 0.717) is 5.92 Å². The molecule has 0 saturated carbocycles. The van der Waals surface area contributed by atoms with Gasteiger partial charge < -0.3 is 0 Å². The Morgan fingerprint density at radius 3 is 2.58 bits per heavy atom. The molecule has 26 heavy (non-hydrogen) atoms. The van der Waals surface area contributed by atoms with Crippen LogP contribution in [0.4, 0.5) is 5.69 Å². The first-order valence-corrected chi connectivity index (χ1v) is 8.92. The fourth-order valence-corrected chi connectivity index (χ4v) is 3.94. The number of fused-ring (bicyclic) bond motifs is 2. The van der Waals surface area contributed by atoms with E-state index in [1.807, 2.05) is 14.0 Å². The van der Waals surface area contributed by atoms with Crippen LogP contribution in [0.2, 0.25) is 0 Å². The molecule has 0 aliphatic heterocycles. The zero-order valence-corrected chi connectivity index (χ0v) is 17.1. The normalized spacial score (nSPS) is 20.3. The molecule has 4 rings (SSSR count). The van der Waals surface area contributed by atoms with E-state index >= 15 is 0 Å². The van der Waals surface area contributed by atoms with Gasteiger partial charge in [0.2, 0.25) is 0 Å². The molecule has 0 saturated heterocycles. The van der Waals surface area contributed by atoms with Crippen molar-refractivity contribution in [1.29, 1.82) is 0 Å². The molecule has 0 radical (unpaired) electrons. The zero-order valence-electron chi connectivity index (χ0n) is 15.3. The van der Waals surface area contributed by atoms with Crippen molar-refractivity contribution < 1.29 is 46.9 Å². The topological polar surface area (TPSA) is 24.7 Å². The molecule has 3 heteroatoms. The van der Waals surface area contributed by atoms with E-state index in [1.54, 1.807) is 0 Å². The van der Waals surface area contributed by atoms with E-state index in [0.717, 1.165) is 29.8 Å². The Labute approximate surface area is 194 Å². The van der Waals surface area contributed by atoms with E-state index in [9.17, 15) is 0 Å². The van der Waals surface area contributed by atoms with Crippen LogP contribution < -0.4 is 0 Å². The number of nitrogens with zero attached hydrogens (tertiary/aromatic N) is 2. The van der Waals surface area contributed by atoms with Crippen molar-refractivity contribution in [2.75, 3.05) is 7.05 Å². The number of aliphatic imine (C=N–C) groups is 2. The van der Waals surface area contributed by atoms with Crippen LogP contribution in [0.25, 0.3) is 5.57 Å². The summed E-state index contributed by atoms with van der Waals surface area (Å²) >= 11 is 0. The number of hydrogen-bond acceptors (Lipinski definition) is 2. The van der Waals surface area contributed by atoms with Gasteiger partial charge in [-0.3, -0.25) is 9.98 Å². The Hall–Kier alpha value is -1.09. The van der Waals surface area contributed by atoms with Crippen LogP contribution in [0.5, 0.6) is 0 Å². The third kappa shape index (κ3) is 3.65. The summed E-state index contributed by atoms with van der Waals surface area (Å²) in [5.41, 5.74) is 10.2. The van der Waals surface area contributed by atoms with Crippen LogP contribution in [0.15, 0.2) is 64.1 Å². The molecule has 1 atom stereocenters. The van der Waals surface area contributed by atoms with Gasteiger partial charge in [0, 0.05) is 83.8 Å². The first kappa shape index (κ1) is 19.7. The van der Waals surface area contributed by atoms with E-state index in [-0.39, 0.29) is 46.9 Å². The van der Waals surface area contributed by atoms with Crippen LogP contribution in [0.3, 0.4) is 0 Å². The number of para-hydroxylation sites is 1. The summed E-state index contributed by atoms with van der Waals surface area (Å²) in [7, 11) is 1.84. The van der Waals surface area contributed by atoms with Crippen LogP contribution in [0, 0.1) is 59.3 Å².